The van der Waals surface area contributed by atoms with Gasteiger partial charge in [0.05, 0.1) is 24.0 Å². The molecule has 7 nitrogen and oxygen atoms in total. The molecule has 6 rings (SSSR count). The van der Waals surface area contributed by atoms with Crippen molar-refractivity contribution in [2.75, 3.05) is 11.5 Å². The van der Waals surface area contributed by atoms with Crippen LogP contribution in [0, 0.1) is 30.5 Å². The summed E-state index contributed by atoms with van der Waals surface area (Å²) in [5.41, 5.74) is 5.70. The number of carboxylic acid groups (broad SMARTS) is 1. The van der Waals surface area contributed by atoms with Crippen molar-refractivity contribution < 1.29 is 32.2 Å². The van der Waals surface area contributed by atoms with Gasteiger partial charge in [0.2, 0.25) is 5.88 Å². The van der Waals surface area contributed by atoms with Crippen LogP contribution in [-0.2, 0) is 26.0 Å². The van der Waals surface area contributed by atoms with Crippen LogP contribution in [0.3, 0.4) is 0 Å². The molecule has 0 spiro atoms. The smallest absolute Gasteiger partial charge is 0.307 e. The molecule has 1 aromatic carbocycles. The molecule has 9 heteroatoms. The van der Waals surface area contributed by atoms with E-state index in [0.29, 0.717) is 24.3 Å². The molecule has 2 saturated carbocycles. The van der Waals surface area contributed by atoms with Crippen molar-refractivity contribution in [2.45, 2.75) is 45.0 Å². The van der Waals surface area contributed by atoms with E-state index in [1.54, 1.807) is 18.2 Å². The maximum absolute atomic E-state index is 14.7. The zero-order valence-corrected chi connectivity index (χ0v) is 22.4. The number of benzene rings is 1. The molecule has 4 aliphatic rings. The number of carbonyl (C=O) groups is 1. The predicted molar refractivity (Wildman–Crippen MR) is 143 cm³/mol. The van der Waals surface area contributed by atoms with E-state index in [1.165, 1.54) is 6.07 Å². The van der Waals surface area contributed by atoms with E-state index in [4.69, 9.17) is 9.47 Å². The first-order valence-electron chi connectivity index (χ1n) is 13.2. The van der Waals surface area contributed by atoms with Crippen molar-refractivity contribution in [3.05, 3.63) is 82.9 Å². The number of allylic oxidation sites excluding steroid dienone is 2. The Morgan fingerprint density at radius 1 is 1.21 bits per heavy atom. The normalized spacial score (nSPS) is 27.3. The molecule has 2 heterocycles. The van der Waals surface area contributed by atoms with E-state index in [2.05, 4.69) is 11.6 Å². The number of pyridine rings is 1. The molecule has 0 radical (unpaired) electrons. The lowest BCUT2D eigenvalue weighted by atomic mass is 9.90. The minimum absolute atomic E-state index is 0.0547. The summed E-state index contributed by atoms with van der Waals surface area (Å²) in [5, 5.41) is 9.36. The Morgan fingerprint density at radius 2 is 1.97 bits per heavy atom. The van der Waals surface area contributed by atoms with Crippen LogP contribution in [0.2, 0.25) is 0 Å². The van der Waals surface area contributed by atoms with Gasteiger partial charge in [-0.25, -0.2) is 17.8 Å². The van der Waals surface area contributed by atoms with Gasteiger partial charge in [-0.3, -0.25) is 4.79 Å². The van der Waals surface area contributed by atoms with E-state index in [9.17, 15) is 22.7 Å². The van der Waals surface area contributed by atoms with Gasteiger partial charge in [-0.15, -0.1) is 0 Å². The van der Waals surface area contributed by atoms with Gasteiger partial charge in [0.1, 0.15) is 18.0 Å². The number of sulfone groups is 1. The molecule has 2 aromatic rings. The Labute approximate surface area is 227 Å². The second kappa shape index (κ2) is 9.71. The largest absolute Gasteiger partial charge is 0.481 e. The summed E-state index contributed by atoms with van der Waals surface area (Å²) in [6.45, 7) is 6.02. The lowest BCUT2D eigenvalue weighted by Crippen LogP contribution is -2.30. The fourth-order valence-corrected chi connectivity index (χ4v) is 7.60. The Bertz CT molecular complexity index is 1530. The van der Waals surface area contributed by atoms with Crippen molar-refractivity contribution in [3.8, 4) is 17.0 Å². The van der Waals surface area contributed by atoms with Gasteiger partial charge in [-0.1, -0.05) is 18.7 Å². The van der Waals surface area contributed by atoms with Crippen LogP contribution in [0.1, 0.15) is 30.5 Å². The Balaban J connectivity index is 1.12. The van der Waals surface area contributed by atoms with E-state index < -0.39 is 15.8 Å². The number of nitrogens with zero attached hydrogens (tertiary/aromatic N) is 1. The number of aryl methyl sites for hydroxylation is 1. The van der Waals surface area contributed by atoms with Gasteiger partial charge in [0.25, 0.3) is 0 Å². The highest BCUT2D eigenvalue weighted by Gasteiger charge is 2.61. The zero-order valence-electron chi connectivity index (χ0n) is 21.6. The quantitative estimate of drug-likeness (QED) is 0.527. The summed E-state index contributed by atoms with van der Waals surface area (Å²) >= 11 is 0. The summed E-state index contributed by atoms with van der Waals surface area (Å²) in [5.74, 6) is -0.455. The van der Waals surface area contributed by atoms with Crippen LogP contribution >= 0.6 is 0 Å². The van der Waals surface area contributed by atoms with Crippen LogP contribution in [0.5, 0.6) is 5.88 Å². The van der Waals surface area contributed by atoms with Crippen molar-refractivity contribution >= 4 is 15.8 Å². The Morgan fingerprint density at radius 3 is 2.69 bits per heavy atom. The average Bonchev–Trinajstić information content (AvgIpc) is 3.50. The maximum atomic E-state index is 14.7. The van der Waals surface area contributed by atoms with Gasteiger partial charge in [-0.05, 0) is 78.7 Å². The minimum Gasteiger partial charge on any atom is -0.481 e. The monoisotopic (exact) mass is 551 g/mol. The molecule has 1 aromatic heterocycles. The van der Waals surface area contributed by atoms with Crippen molar-refractivity contribution in [3.63, 3.8) is 0 Å². The van der Waals surface area contributed by atoms with Crippen LogP contribution in [0.25, 0.3) is 11.1 Å². The number of halogens is 1. The standard InChI is InChI=1S/C30H30FNO6S/c1-16-11-23-19(13-24-28(23)29(24)30(33)34)14-26(16)37-15-20-12-18(3-5-25(20)31)22-4-6-27(32-17(22)2)38-21-7-9-39(35,36)10-8-21/h3-6,11-12,14,21,24,26,28-29H,1,7-10,13,15H2,2H3,(H,33,34). The summed E-state index contributed by atoms with van der Waals surface area (Å²) in [4.78, 5) is 16.0. The number of rotatable bonds is 7. The van der Waals surface area contributed by atoms with Gasteiger partial charge < -0.3 is 14.6 Å². The minimum atomic E-state index is -2.96. The number of aliphatic carboxylic acids is 1. The number of ether oxygens (including phenoxy) is 2. The lowest BCUT2D eigenvalue weighted by molar-refractivity contribution is -0.139. The third kappa shape index (κ3) is 5.05. The van der Waals surface area contributed by atoms with Crippen LogP contribution in [0.4, 0.5) is 4.39 Å². The molecule has 4 atom stereocenters. The average molecular weight is 552 g/mol. The molecule has 0 amide bonds. The first-order valence-corrected chi connectivity index (χ1v) is 15.0. The second-order valence-electron chi connectivity index (χ2n) is 10.9. The van der Waals surface area contributed by atoms with Gasteiger partial charge in [0, 0.05) is 28.8 Å². The second-order valence-corrected chi connectivity index (χ2v) is 13.2. The first-order chi connectivity index (χ1) is 18.6. The third-order valence-electron chi connectivity index (χ3n) is 8.32. The fraction of sp³-hybridized carbons (Fsp3) is 0.400. The topological polar surface area (TPSA) is 103 Å². The molecule has 1 aliphatic heterocycles. The number of fused-ring (bicyclic) bond motifs is 3. The SMILES string of the molecule is C=C1C=C2C(=CC1OCc1cc(-c3ccc(OC4CCS(=O)(=O)CC4)nc3C)ccc1F)CC1C(C(=O)O)C21. The molecule has 3 aliphatic carbocycles. The molecule has 1 saturated heterocycles. The molecular formula is C30H30FNO6S. The fourth-order valence-electron chi connectivity index (χ4n) is 6.15. The Kier molecular flexibility index (Phi) is 6.46. The number of aromatic nitrogens is 1. The van der Waals surface area contributed by atoms with Crippen LogP contribution < -0.4 is 4.74 Å². The highest BCUT2D eigenvalue weighted by Crippen LogP contribution is 2.63. The van der Waals surface area contributed by atoms with E-state index >= 15 is 0 Å². The van der Waals surface area contributed by atoms with E-state index in [1.807, 2.05) is 25.1 Å². The Hall–Kier alpha value is -3.30. The lowest BCUT2D eigenvalue weighted by Gasteiger charge is -2.23. The predicted octanol–water partition coefficient (Wildman–Crippen LogP) is 4.81. The number of hydrogen-bond donors (Lipinski definition) is 1. The molecule has 4 unspecified atom stereocenters. The first kappa shape index (κ1) is 26.0. The summed E-state index contributed by atoms with van der Waals surface area (Å²) in [7, 11) is -2.96. The van der Waals surface area contributed by atoms with Crippen molar-refractivity contribution in [1.82, 2.24) is 4.98 Å². The molecule has 0 bridgehead atoms. The number of carboxylic acids is 1. The van der Waals surface area contributed by atoms with Gasteiger partial charge in [-0.2, -0.15) is 0 Å². The van der Waals surface area contributed by atoms with E-state index in [0.717, 1.165) is 40.0 Å². The van der Waals surface area contributed by atoms with Gasteiger partial charge in [0.15, 0.2) is 9.84 Å². The summed E-state index contributed by atoms with van der Waals surface area (Å²) in [6.07, 6.45) is 5.03. The maximum Gasteiger partial charge on any atom is 0.307 e. The zero-order chi connectivity index (χ0) is 27.5. The molecule has 204 valence electrons. The molecule has 39 heavy (non-hydrogen) atoms. The highest BCUT2D eigenvalue weighted by molar-refractivity contribution is 7.91. The van der Waals surface area contributed by atoms with Crippen molar-refractivity contribution in [1.29, 1.82) is 0 Å². The number of hydrogen-bond acceptors (Lipinski definition) is 6. The van der Waals surface area contributed by atoms with Crippen LogP contribution in [0.15, 0.2) is 65.8 Å². The molecular weight excluding hydrogens is 521 g/mol. The summed E-state index contributed by atoms with van der Waals surface area (Å²) in [6, 6.07) is 8.52. The van der Waals surface area contributed by atoms with Crippen molar-refractivity contribution in [2.24, 2.45) is 17.8 Å². The highest BCUT2D eigenvalue weighted by atomic mass is 32.2. The molecule has 1 N–H and O–H groups in total. The third-order valence-corrected chi connectivity index (χ3v) is 10.0. The van der Waals surface area contributed by atoms with E-state index in [-0.39, 0.29) is 53.9 Å². The van der Waals surface area contributed by atoms with Gasteiger partial charge >= 0.3 is 5.97 Å². The summed E-state index contributed by atoms with van der Waals surface area (Å²) < 4.78 is 50.1. The molecule has 3 fully saturated rings. The van der Waals surface area contributed by atoms with Crippen LogP contribution in [-0.4, -0.2) is 48.2 Å².